The molecule has 1 aromatic heterocycles. The van der Waals surface area contributed by atoms with Gasteiger partial charge in [-0.05, 0) is 30.3 Å². The first-order valence-corrected chi connectivity index (χ1v) is 6.41. The fraction of sp³-hybridized carbons (Fsp3) is 0.125. The molecule has 0 fully saturated rings. The number of imidazole rings is 1. The van der Waals surface area contributed by atoms with E-state index >= 15 is 0 Å². The SMILES string of the molecule is CN(C(=O)c1ccccc1)c1ccc2c(c1)ncn2C. The fourth-order valence-electron chi connectivity index (χ4n) is 2.22. The highest BCUT2D eigenvalue weighted by Gasteiger charge is 2.13. The summed E-state index contributed by atoms with van der Waals surface area (Å²) in [5.41, 5.74) is 3.45. The molecule has 0 aliphatic heterocycles. The molecule has 100 valence electrons. The summed E-state index contributed by atoms with van der Waals surface area (Å²) in [6.07, 6.45) is 1.77. The van der Waals surface area contributed by atoms with E-state index in [1.54, 1.807) is 18.3 Å². The molecule has 0 N–H and O–H groups in total. The van der Waals surface area contributed by atoms with Gasteiger partial charge in [0.05, 0.1) is 17.4 Å². The molecule has 0 aliphatic rings. The van der Waals surface area contributed by atoms with Gasteiger partial charge in [0, 0.05) is 25.3 Å². The Labute approximate surface area is 117 Å². The number of benzene rings is 2. The first-order valence-electron chi connectivity index (χ1n) is 6.41. The Morgan fingerprint density at radius 1 is 1.15 bits per heavy atom. The third-order valence-electron chi connectivity index (χ3n) is 3.42. The van der Waals surface area contributed by atoms with E-state index in [0.717, 1.165) is 16.7 Å². The highest BCUT2D eigenvalue weighted by atomic mass is 16.2. The number of hydrogen-bond acceptors (Lipinski definition) is 2. The second-order valence-corrected chi connectivity index (χ2v) is 4.76. The standard InChI is InChI=1S/C16H15N3O/c1-18-11-17-14-10-13(8-9-15(14)18)19(2)16(20)12-6-4-3-5-7-12/h3-11H,1-2H3. The molecule has 0 saturated heterocycles. The molecule has 4 nitrogen and oxygen atoms in total. The summed E-state index contributed by atoms with van der Waals surface area (Å²) in [5, 5.41) is 0. The van der Waals surface area contributed by atoms with Crippen molar-refractivity contribution in [2.75, 3.05) is 11.9 Å². The molecule has 0 aliphatic carbocycles. The predicted octanol–water partition coefficient (Wildman–Crippen LogP) is 2.85. The second-order valence-electron chi connectivity index (χ2n) is 4.76. The van der Waals surface area contributed by atoms with Crippen LogP contribution in [0.2, 0.25) is 0 Å². The predicted molar refractivity (Wildman–Crippen MR) is 79.9 cm³/mol. The molecule has 0 radical (unpaired) electrons. The maximum absolute atomic E-state index is 12.4. The summed E-state index contributed by atoms with van der Waals surface area (Å²) in [6.45, 7) is 0. The van der Waals surface area contributed by atoms with Crippen molar-refractivity contribution in [2.24, 2.45) is 7.05 Å². The largest absolute Gasteiger partial charge is 0.334 e. The summed E-state index contributed by atoms with van der Waals surface area (Å²) in [4.78, 5) is 18.3. The molecular weight excluding hydrogens is 250 g/mol. The maximum atomic E-state index is 12.4. The minimum Gasteiger partial charge on any atom is -0.334 e. The Hall–Kier alpha value is -2.62. The van der Waals surface area contributed by atoms with Gasteiger partial charge in [-0.25, -0.2) is 4.98 Å². The van der Waals surface area contributed by atoms with E-state index in [1.807, 2.05) is 60.1 Å². The van der Waals surface area contributed by atoms with Crippen LogP contribution in [-0.4, -0.2) is 22.5 Å². The van der Waals surface area contributed by atoms with Gasteiger partial charge in [-0.2, -0.15) is 0 Å². The highest BCUT2D eigenvalue weighted by Crippen LogP contribution is 2.21. The van der Waals surface area contributed by atoms with Gasteiger partial charge in [-0.1, -0.05) is 18.2 Å². The van der Waals surface area contributed by atoms with Gasteiger partial charge in [0.1, 0.15) is 0 Å². The molecule has 1 amide bonds. The molecule has 0 unspecified atom stereocenters. The van der Waals surface area contributed by atoms with E-state index in [0.29, 0.717) is 5.56 Å². The molecule has 3 rings (SSSR count). The normalized spacial score (nSPS) is 10.7. The van der Waals surface area contributed by atoms with E-state index < -0.39 is 0 Å². The highest BCUT2D eigenvalue weighted by molar-refractivity contribution is 6.06. The molecule has 3 aromatic rings. The molecule has 4 heteroatoms. The minimum absolute atomic E-state index is 0.0270. The fourth-order valence-corrected chi connectivity index (χ4v) is 2.22. The van der Waals surface area contributed by atoms with Crippen molar-refractivity contribution in [3.8, 4) is 0 Å². The quantitative estimate of drug-likeness (QED) is 0.714. The van der Waals surface area contributed by atoms with E-state index in [-0.39, 0.29) is 5.91 Å². The lowest BCUT2D eigenvalue weighted by Gasteiger charge is -2.17. The molecule has 20 heavy (non-hydrogen) atoms. The van der Waals surface area contributed by atoms with Gasteiger partial charge in [-0.15, -0.1) is 0 Å². The maximum Gasteiger partial charge on any atom is 0.258 e. The van der Waals surface area contributed by atoms with Crippen molar-refractivity contribution in [1.29, 1.82) is 0 Å². The smallest absolute Gasteiger partial charge is 0.258 e. The number of nitrogens with zero attached hydrogens (tertiary/aromatic N) is 3. The lowest BCUT2D eigenvalue weighted by Crippen LogP contribution is -2.26. The third kappa shape index (κ3) is 2.05. The Morgan fingerprint density at radius 2 is 1.90 bits per heavy atom. The van der Waals surface area contributed by atoms with Crippen LogP contribution >= 0.6 is 0 Å². The van der Waals surface area contributed by atoms with Gasteiger partial charge < -0.3 is 9.47 Å². The zero-order chi connectivity index (χ0) is 14.1. The van der Waals surface area contributed by atoms with Gasteiger partial charge in [0.2, 0.25) is 0 Å². The minimum atomic E-state index is -0.0270. The number of hydrogen-bond donors (Lipinski definition) is 0. The average molecular weight is 265 g/mol. The van der Waals surface area contributed by atoms with Crippen molar-refractivity contribution in [3.05, 3.63) is 60.4 Å². The van der Waals surface area contributed by atoms with Crippen molar-refractivity contribution in [1.82, 2.24) is 9.55 Å². The van der Waals surface area contributed by atoms with E-state index in [1.165, 1.54) is 0 Å². The first-order chi connectivity index (χ1) is 9.66. The van der Waals surface area contributed by atoms with Crippen LogP contribution in [0.4, 0.5) is 5.69 Å². The van der Waals surface area contributed by atoms with Crippen LogP contribution in [0.15, 0.2) is 54.9 Å². The lowest BCUT2D eigenvalue weighted by atomic mass is 10.2. The van der Waals surface area contributed by atoms with Crippen LogP contribution < -0.4 is 4.90 Å². The number of rotatable bonds is 2. The first kappa shape index (κ1) is 12.4. The number of carbonyl (C=O) groups excluding carboxylic acids is 1. The van der Waals surface area contributed by atoms with Crippen molar-refractivity contribution in [2.45, 2.75) is 0 Å². The number of aromatic nitrogens is 2. The lowest BCUT2D eigenvalue weighted by molar-refractivity contribution is 0.0993. The summed E-state index contributed by atoms with van der Waals surface area (Å²) < 4.78 is 1.96. The Bertz CT molecular complexity index is 762. The van der Waals surface area contributed by atoms with Crippen molar-refractivity contribution in [3.63, 3.8) is 0 Å². The molecule has 0 spiro atoms. The number of carbonyl (C=O) groups is 1. The van der Waals surface area contributed by atoms with Crippen molar-refractivity contribution >= 4 is 22.6 Å². The molecule has 1 heterocycles. The summed E-state index contributed by atoms with van der Waals surface area (Å²) in [5.74, 6) is -0.0270. The third-order valence-corrected chi connectivity index (χ3v) is 3.42. The van der Waals surface area contributed by atoms with E-state index in [4.69, 9.17) is 0 Å². The van der Waals surface area contributed by atoms with Crippen LogP contribution in [-0.2, 0) is 7.05 Å². The Balaban J connectivity index is 1.96. The van der Waals surface area contributed by atoms with Gasteiger partial charge in [0.15, 0.2) is 0 Å². The van der Waals surface area contributed by atoms with Crippen LogP contribution in [0.3, 0.4) is 0 Å². The average Bonchev–Trinajstić information content (AvgIpc) is 2.87. The number of amides is 1. The van der Waals surface area contributed by atoms with Gasteiger partial charge in [-0.3, -0.25) is 4.79 Å². The van der Waals surface area contributed by atoms with Gasteiger partial charge >= 0.3 is 0 Å². The topological polar surface area (TPSA) is 38.1 Å². The summed E-state index contributed by atoms with van der Waals surface area (Å²) in [7, 11) is 3.73. The Kier molecular flexibility index (Phi) is 2.99. The summed E-state index contributed by atoms with van der Waals surface area (Å²) in [6, 6.07) is 15.1. The number of fused-ring (bicyclic) bond motifs is 1. The zero-order valence-corrected chi connectivity index (χ0v) is 11.4. The van der Waals surface area contributed by atoms with Crippen LogP contribution in [0.1, 0.15) is 10.4 Å². The van der Waals surface area contributed by atoms with Crippen LogP contribution in [0.5, 0.6) is 0 Å². The van der Waals surface area contributed by atoms with Crippen LogP contribution in [0.25, 0.3) is 11.0 Å². The molecule has 2 aromatic carbocycles. The number of anilines is 1. The molecular formula is C16H15N3O. The molecule has 0 atom stereocenters. The van der Waals surface area contributed by atoms with E-state index in [2.05, 4.69) is 4.98 Å². The second kappa shape index (κ2) is 4.81. The van der Waals surface area contributed by atoms with Gasteiger partial charge in [0.25, 0.3) is 5.91 Å². The number of aryl methyl sites for hydroxylation is 1. The molecule has 0 saturated carbocycles. The summed E-state index contributed by atoms with van der Waals surface area (Å²) >= 11 is 0. The van der Waals surface area contributed by atoms with Crippen LogP contribution in [0, 0.1) is 0 Å². The monoisotopic (exact) mass is 265 g/mol. The zero-order valence-electron chi connectivity index (χ0n) is 11.4. The Morgan fingerprint density at radius 3 is 2.65 bits per heavy atom. The molecule has 0 bridgehead atoms. The van der Waals surface area contributed by atoms with Crippen molar-refractivity contribution < 1.29 is 4.79 Å². The van der Waals surface area contributed by atoms with E-state index in [9.17, 15) is 4.79 Å².